The maximum atomic E-state index is 11.8. The van der Waals surface area contributed by atoms with Gasteiger partial charge in [-0.2, -0.15) is 0 Å². The maximum absolute atomic E-state index is 11.8. The molecule has 0 aromatic heterocycles. The first-order chi connectivity index (χ1) is 6.20. The molecule has 1 heteroatoms. The van der Waals surface area contributed by atoms with Crippen LogP contribution >= 0.6 is 0 Å². The van der Waals surface area contributed by atoms with Gasteiger partial charge in [0.1, 0.15) is 5.78 Å². The Morgan fingerprint density at radius 3 is 1.92 bits per heavy atom. The molecule has 72 valence electrons. The molecule has 0 aromatic carbocycles. The Morgan fingerprint density at radius 2 is 1.46 bits per heavy atom. The zero-order chi connectivity index (χ0) is 9.16. The Kier molecular flexibility index (Phi) is 1.46. The van der Waals surface area contributed by atoms with Crippen molar-refractivity contribution in [3.63, 3.8) is 0 Å². The van der Waals surface area contributed by atoms with E-state index in [1.165, 1.54) is 19.3 Å². The van der Waals surface area contributed by atoms with Crippen LogP contribution in [0, 0.1) is 35.5 Å². The smallest absolute Gasteiger partial charge is 0.139 e. The average Bonchev–Trinajstić information content (AvgIpc) is 2.76. The van der Waals surface area contributed by atoms with Crippen molar-refractivity contribution < 1.29 is 4.79 Å². The largest absolute Gasteiger partial charge is 0.299 e. The summed E-state index contributed by atoms with van der Waals surface area (Å²) in [4.78, 5) is 11.8. The van der Waals surface area contributed by atoms with Crippen LogP contribution in [-0.4, -0.2) is 5.78 Å². The van der Waals surface area contributed by atoms with Crippen LogP contribution in [0.15, 0.2) is 0 Å². The molecule has 3 saturated carbocycles. The van der Waals surface area contributed by atoms with Crippen molar-refractivity contribution in [2.45, 2.75) is 33.1 Å². The number of Topliss-reactive ketones (excluding diaryl/α,β-unsaturated/α-hetero) is 1. The van der Waals surface area contributed by atoms with Gasteiger partial charge in [0.25, 0.3) is 0 Å². The van der Waals surface area contributed by atoms with Crippen molar-refractivity contribution in [3.8, 4) is 0 Å². The minimum absolute atomic E-state index is 0.385. The summed E-state index contributed by atoms with van der Waals surface area (Å²) >= 11 is 0. The quantitative estimate of drug-likeness (QED) is 0.557. The van der Waals surface area contributed by atoms with Gasteiger partial charge in [-0.1, -0.05) is 13.8 Å². The first kappa shape index (κ1) is 8.02. The highest BCUT2D eigenvalue weighted by atomic mass is 16.1. The van der Waals surface area contributed by atoms with Gasteiger partial charge < -0.3 is 0 Å². The van der Waals surface area contributed by atoms with Gasteiger partial charge in [-0.3, -0.25) is 4.79 Å². The predicted octanol–water partition coefficient (Wildman–Crippen LogP) is 2.50. The van der Waals surface area contributed by atoms with Gasteiger partial charge in [0.05, 0.1) is 0 Å². The molecule has 3 rings (SSSR count). The highest BCUT2D eigenvalue weighted by Crippen LogP contribution is 2.61. The second kappa shape index (κ2) is 2.37. The maximum Gasteiger partial charge on any atom is 0.139 e. The molecule has 0 spiro atoms. The van der Waals surface area contributed by atoms with Gasteiger partial charge in [0.2, 0.25) is 0 Å². The molecule has 0 heterocycles. The van der Waals surface area contributed by atoms with Crippen molar-refractivity contribution >= 4 is 5.78 Å². The number of carbonyl (C=O) groups is 1. The van der Waals surface area contributed by atoms with Crippen LogP contribution in [0.5, 0.6) is 0 Å². The summed E-state index contributed by atoms with van der Waals surface area (Å²) in [6.07, 6.45) is 4.27. The molecule has 3 aliphatic rings. The fourth-order valence-corrected chi connectivity index (χ4v) is 4.66. The van der Waals surface area contributed by atoms with Crippen LogP contribution in [0.1, 0.15) is 33.1 Å². The lowest BCUT2D eigenvalue weighted by Crippen LogP contribution is -2.22. The van der Waals surface area contributed by atoms with Crippen LogP contribution in [0.2, 0.25) is 0 Å². The highest BCUT2D eigenvalue weighted by Gasteiger charge is 2.58. The summed E-state index contributed by atoms with van der Waals surface area (Å²) in [5, 5.41) is 0. The molecule has 0 saturated heterocycles. The van der Waals surface area contributed by atoms with Crippen molar-refractivity contribution in [2.24, 2.45) is 35.5 Å². The summed E-state index contributed by atoms with van der Waals surface area (Å²) in [7, 11) is 0. The Labute approximate surface area is 79.9 Å². The molecule has 1 nitrogen and oxygen atoms in total. The van der Waals surface area contributed by atoms with E-state index >= 15 is 0 Å². The van der Waals surface area contributed by atoms with E-state index in [9.17, 15) is 4.79 Å². The predicted molar refractivity (Wildman–Crippen MR) is 51.1 cm³/mol. The van der Waals surface area contributed by atoms with Gasteiger partial charge in [-0.15, -0.1) is 0 Å². The number of carbonyl (C=O) groups excluding carboxylic acids is 1. The number of fused-ring (bicyclic) bond motifs is 5. The Bertz CT molecular complexity index is 234. The number of hydrogen-bond acceptors (Lipinski definition) is 1. The van der Waals surface area contributed by atoms with E-state index in [1.807, 2.05) is 0 Å². The number of ketones is 1. The summed E-state index contributed by atoms with van der Waals surface area (Å²) in [6, 6.07) is 0. The molecule has 0 amide bonds. The fraction of sp³-hybridized carbons (Fsp3) is 0.917. The lowest BCUT2D eigenvalue weighted by Gasteiger charge is -2.27. The van der Waals surface area contributed by atoms with E-state index in [-0.39, 0.29) is 0 Å². The summed E-state index contributed by atoms with van der Waals surface area (Å²) < 4.78 is 0. The van der Waals surface area contributed by atoms with E-state index in [4.69, 9.17) is 0 Å². The zero-order valence-electron chi connectivity index (χ0n) is 8.49. The van der Waals surface area contributed by atoms with Crippen LogP contribution < -0.4 is 0 Å². The standard InChI is InChI=1S/C12H18O/c1-6-10-8-3-4-9(5-8)11(10)7(2)12(6)13/h6-11H,3-5H2,1-2H3/t6-,7+,8+,9-,10+,11-. The van der Waals surface area contributed by atoms with Crippen LogP contribution in [0.25, 0.3) is 0 Å². The number of hydrogen-bond donors (Lipinski definition) is 0. The van der Waals surface area contributed by atoms with Gasteiger partial charge in [0.15, 0.2) is 0 Å². The van der Waals surface area contributed by atoms with Gasteiger partial charge in [0, 0.05) is 11.8 Å². The van der Waals surface area contributed by atoms with E-state index in [1.54, 1.807) is 0 Å². The summed E-state index contributed by atoms with van der Waals surface area (Å²) in [6.45, 7) is 4.34. The molecule has 0 aliphatic heterocycles. The van der Waals surface area contributed by atoms with Gasteiger partial charge in [-0.05, 0) is 42.9 Å². The van der Waals surface area contributed by atoms with E-state index in [0.29, 0.717) is 17.6 Å². The minimum Gasteiger partial charge on any atom is -0.299 e. The molecular weight excluding hydrogens is 160 g/mol. The normalized spacial score (nSPS) is 58.8. The third kappa shape index (κ3) is 0.812. The van der Waals surface area contributed by atoms with Gasteiger partial charge >= 0.3 is 0 Å². The van der Waals surface area contributed by atoms with E-state index in [2.05, 4.69) is 13.8 Å². The molecule has 0 aromatic rings. The summed E-state index contributed by atoms with van der Waals surface area (Å²) in [5.41, 5.74) is 0. The summed E-state index contributed by atoms with van der Waals surface area (Å²) in [5.74, 6) is 4.72. The molecule has 13 heavy (non-hydrogen) atoms. The molecule has 2 bridgehead atoms. The average molecular weight is 178 g/mol. The lowest BCUT2D eigenvalue weighted by atomic mass is 9.77. The molecule has 3 aliphatic carbocycles. The lowest BCUT2D eigenvalue weighted by molar-refractivity contribution is -0.124. The topological polar surface area (TPSA) is 17.1 Å². The highest BCUT2D eigenvalue weighted by molar-refractivity contribution is 5.86. The van der Waals surface area contributed by atoms with Crippen LogP contribution in [-0.2, 0) is 4.79 Å². The fourth-order valence-electron chi connectivity index (χ4n) is 4.66. The second-order valence-electron chi connectivity index (χ2n) is 5.47. The molecule has 0 radical (unpaired) electrons. The molecule has 6 atom stereocenters. The Morgan fingerprint density at radius 1 is 1.00 bits per heavy atom. The van der Waals surface area contributed by atoms with Crippen molar-refractivity contribution in [1.29, 1.82) is 0 Å². The molecule has 0 unspecified atom stereocenters. The zero-order valence-corrected chi connectivity index (χ0v) is 8.49. The molecular formula is C12H18O. The van der Waals surface area contributed by atoms with Crippen LogP contribution in [0.4, 0.5) is 0 Å². The number of rotatable bonds is 0. The third-order valence-electron chi connectivity index (χ3n) is 5.10. The van der Waals surface area contributed by atoms with Crippen LogP contribution in [0.3, 0.4) is 0 Å². The van der Waals surface area contributed by atoms with Gasteiger partial charge in [-0.25, -0.2) is 0 Å². The van der Waals surface area contributed by atoms with E-state index < -0.39 is 0 Å². The second-order valence-corrected chi connectivity index (χ2v) is 5.47. The van der Waals surface area contributed by atoms with Crippen molar-refractivity contribution in [2.75, 3.05) is 0 Å². The first-order valence-corrected chi connectivity index (χ1v) is 5.74. The third-order valence-corrected chi connectivity index (χ3v) is 5.10. The molecule has 0 N–H and O–H groups in total. The Balaban J connectivity index is 1.98. The van der Waals surface area contributed by atoms with Crippen molar-refractivity contribution in [3.05, 3.63) is 0 Å². The van der Waals surface area contributed by atoms with E-state index in [0.717, 1.165) is 23.7 Å². The first-order valence-electron chi connectivity index (χ1n) is 5.74. The SMILES string of the molecule is C[C@@H]1C(=O)[C@H](C)[C@H]2[C@H]3CC[C@H](C3)[C@H]21. The molecule has 3 fully saturated rings. The monoisotopic (exact) mass is 178 g/mol. The Hall–Kier alpha value is -0.330. The minimum atomic E-state index is 0.385. The van der Waals surface area contributed by atoms with Crippen molar-refractivity contribution in [1.82, 2.24) is 0 Å².